The van der Waals surface area contributed by atoms with Gasteiger partial charge in [0.15, 0.2) is 6.61 Å². The minimum atomic E-state index is -0.957. The third-order valence-electron chi connectivity index (χ3n) is 6.44. The Labute approximate surface area is 204 Å². The average molecular weight is 469 g/mol. The van der Waals surface area contributed by atoms with E-state index in [4.69, 9.17) is 9.84 Å². The fourth-order valence-corrected chi connectivity index (χ4v) is 4.82. The molecule has 2 atom stereocenters. The lowest BCUT2D eigenvalue weighted by molar-refractivity contribution is -0.139. The zero-order valence-corrected chi connectivity index (χ0v) is 19.4. The third kappa shape index (κ3) is 5.35. The van der Waals surface area contributed by atoms with Gasteiger partial charge in [-0.3, -0.25) is 4.68 Å². The first-order chi connectivity index (χ1) is 17.2. The summed E-state index contributed by atoms with van der Waals surface area (Å²) in [5, 5.41) is 13.5. The minimum Gasteiger partial charge on any atom is -0.482 e. The van der Waals surface area contributed by atoms with Gasteiger partial charge in [-0.1, -0.05) is 54.6 Å². The molecule has 0 aliphatic heterocycles. The Morgan fingerprint density at radius 2 is 2.06 bits per heavy atom. The van der Waals surface area contributed by atoms with E-state index in [1.54, 1.807) is 6.20 Å². The van der Waals surface area contributed by atoms with E-state index in [9.17, 15) is 4.79 Å². The zero-order chi connectivity index (χ0) is 24.0. The van der Waals surface area contributed by atoms with Crippen LogP contribution in [-0.2, 0) is 24.2 Å². The van der Waals surface area contributed by atoms with E-state index in [2.05, 4.69) is 63.3 Å². The first-order valence-electron chi connectivity index (χ1n) is 11.8. The van der Waals surface area contributed by atoms with Gasteiger partial charge in [-0.05, 0) is 47.9 Å². The topological polar surface area (TPSA) is 82.2 Å². The fraction of sp³-hybridized carbons (Fsp3) is 0.250. The Kier molecular flexibility index (Phi) is 6.75. The van der Waals surface area contributed by atoms with Crippen LogP contribution >= 0.6 is 0 Å². The molecule has 35 heavy (non-hydrogen) atoms. The van der Waals surface area contributed by atoms with Gasteiger partial charge in [0.2, 0.25) is 0 Å². The molecular formula is C28H28N4O3. The molecule has 2 aromatic heterocycles. The molecule has 0 saturated carbocycles. The molecular weight excluding hydrogens is 440 g/mol. The standard InChI is InChI=1S/C28H28N4O3/c33-27(34)19-35-26-10-4-9-23-16-21(11-12-25(23)26)6-5-14-32-18-24(17-30-32)28(31-15-13-29-20-31)22-7-2-1-3-8-22/h1-10,13,15,17-18,20-21,28H,11-12,14,16,19H2,(H,33,34)/b6-5+. The van der Waals surface area contributed by atoms with E-state index in [1.165, 1.54) is 11.1 Å². The highest BCUT2D eigenvalue weighted by atomic mass is 16.5. The molecule has 5 rings (SSSR count). The second-order valence-electron chi connectivity index (χ2n) is 8.83. The number of imidazole rings is 1. The average Bonchev–Trinajstić information content (AvgIpc) is 3.57. The van der Waals surface area contributed by atoms with Crippen LogP contribution in [0, 0.1) is 5.92 Å². The largest absolute Gasteiger partial charge is 0.482 e. The SMILES string of the molecule is O=C(O)COc1cccc2c1CCC(/C=C/Cn1cc(C(c3ccccc3)n3ccnc3)cn1)C2. The second-order valence-corrected chi connectivity index (χ2v) is 8.83. The third-order valence-corrected chi connectivity index (χ3v) is 6.44. The highest BCUT2D eigenvalue weighted by molar-refractivity contribution is 5.68. The van der Waals surface area contributed by atoms with Crippen molar-refractivity contribution in [3.63, 3.8) is 0 Å². The molecule has 0 radical (unpaired) electrons. The van der Waals surface area contributed by atoms with Crippen LogP contribution in [0.1, 0.15) is 34.7 Å². The summed E-state index contributed by atoms with van der Waals surface area (Å²) in [6.45, 7) is 0.397. The normalized spacial score (nSPS) is 16.2. The van der Waals surface area contributed by atoms with Gasteiger partial charge in [-0.2, -0.15) is 5.10 Å². The number of aromatic nitrogens is 4. The number of carboxylic acid groups (broad SMARTS) is 1. The highest BCUT2D eigenvalue weighted by Gasteiger charge is 2.20. The Morgan fingerprint density at radius 3 is 2.86 bits per heavy atom. The molecule has 178 valence electrons. The van der Waals surface area contributed by atoms with Crippen molar-refractivity contribution in [2.24, 2.45) is 5.92 Å². The van der Waals surface area contributed by atoms with E-state index >= 15 is 0 Å². The van der Waals surface area contributed by atoms with Gasteiger partial charge in [0, 0.05) is 24.2 Å². The summed E-state index contributed by atoms with van der Waals surface area (Å²) < 4.78 is 9.55. The van der Waals surface area contributed by atoms with Crippen molar-refractivity contribution in [2.75, 3.05) is 6.61 Å². The predicted molar refractivity (Wildman–Crippen MR) is 132 cm³/mol. The molecule has 2 unspecified atom stereocenters. The Balaban J connectivity index is 1.24. The van der Waals surface area contributed by atoms with Crippen LogP contribution in [0.2, 0.25) is 0 Å². The smallest absolute Gasteiger partial charge is 0.341 e. The van der Waals surface area contributed by atoms with Crippen LogP contribution < -0.4 is 4.74 Å². The number of aliphatic carboxylic acids is 1. The van der Waals surface area contributed by atoms with E-state index in [0.29, 0.717) is 18.2 Å². The number of fused-ring (bicyclic) bond motifs is 1. The van der Waals surface area contributed by atoms with Crippen molar-refractivity contribution in [1.29, 1.82) is 0 Å². The molecule has 0 amide bonds. The molecule has 0 fully saturated rings. The van der Waals surface area contributed by atoms with Crippen LogP contribution in [0.3, 0.4) is 0 Å². The number of benzene rings is 2. The maximum atomic E-state index is 10.9. The van der Waals surface area contributed by atoms with Crippen LogP contribution in [0.4, 0.5) is 0 Å². The summed E-state index contributed by atoms with van der Waals surface area (Å²) in [6.07, 6.45) is 16.9. The van der Waals surface area contributed by atoms with Crippen molar-refractivity contribution in [3.8, 4) is 5.75 Å². The lowest BCUT2D eigenvalue weighted by Crippen LogP contribution is -2.16. The summed E-state index contributed by atoms with van der Waals surface area (Å²) in [5.41, 5.74) is 4.68. The number of rotatable bonds is 9. The fourth-order valence-electron chi connectivity index (χ4n) is 4.82. The molecule has 2 heterocycles. The lowest BCUT2D eigenvalue weighted by Gasteiger charge is -2.24. The molecule has 7 nitrogen and oxygen atoms in total. The summed E-state index contributed by atoms with van der Waals surface area (Å²) in [4.78, 5) is 15.1. The molecule has 0 spiro atoms. The van der Waals surface area contributed by atoms with E-state index < -0.39 is 5.97 Å². The van der Waals surface area contributed by atoms with Gasteiger partial charge in [0.1, 0.15) is 5.75 Å². The summed E-state index contributed by atoms with van der Waals surface area (Å²) in [7, 11) is 0. The predicted octanol–water partition coefficient (Wildman–Crippen LogP) is 4.54. The second kappa shape index (κ2) is 10.4. The lowest BCUT2D eigenvalue weighted by atomic mass is 9.83. The number of carbonyl (C=O) groups is 1. The van der Waals surface area contributed by atoms with Gasteiger partial charge >= 0.3 is 5.97 Å². The summed E-state index contributed by atoms with van der Waals surface area (Å²) >= 11 is 0. The first-order valence-corrected chi connectivity index (χ1v) is 11.8. The van der Waals surface area contributed by atoms with E-state index in [1.807, 2.05) is 41.6 Å². The van der Waals surface area contributed by atoms with E-state index in [0.717, 1.165) is 30.4 Å². The quantitative estimate of drug-likeness (QED) is 0.365. The number of allylic oxidation sites excluding steroid dienone is 2. The van der Waals surface area contributed by atoms with Gasteiger partial charge in [-0.15, -0.1) is 0 Å². The van der Waals surface area contributed by atoms with Crippen molar-refractivity contribution in [3.05, 3.63) is 114 Å². The van der Waals surface area contributed by atoms with Crippen molar-refractivity contribution >= 4 is 5.97 Å². The molecule has 0 saturated heterocycles. The van der Waals surface area contributed by atoms with Crippen molar-refractivity contribution < 1.29 is 14.6 Å². The molecule has 2 aromatic carbocycles. The number of hydrogen-bond acceptors (Lipinski definition) is 4. The van der Waals surface area contributed by atoms with Crippen LogP contribution in [0.25, 0.3) is 0 Å². The monoisotopic (exact) mass is 468 g/mol. The molecule has 1 aliphatic carbocycles. The number of nitrogens with zero attached hydrogens (tertiary/aromatic N) is 4. The number of ether oxygens (including phenoxy) is 1. The van der Waals surface area contributed by atoms with Gasteiger partial charge in [0.05, 0.1) is 25.1 Å². The van der Waals surface area contributed by atoms with Crippen LogP contribution in [0.15, 0.2) is 91.8 Å². The van der Waals surface area contributed by atoms with Crippen molar-refractivity contribution in [1.82, 2.24) is 19.3 Å². The number of hydrogen-bond donors (Lipinski definition) is 1. The maximum absolute atomic E-state index is 10.9. The number of carboxylic acids is 1. The van der Waals surface area contributed by atoms with Gasteiger partial charge in [-0.25, -0.2) is 9.78 Å². The molecule has 7 heteroatoms. The minimum absolute atomic E-state index is 0.0313. The van der Waals surface area contributed by atoms with Crippen molar-refractivity contribution in [2.45, 2.75) is 31.8 Å². The molecule has 1 N–H and O–H groups in total. The van der Waals surface area contributed by atoms with Crippen LogP contribution in [-0.4, -0.2) is 37.0 Å². The highest BCUT2D eigenvalue weighted by Crippen LogP contribution is 2.33. The summed E-state index contributed by atoms with van der Waals surface area (Å²) in [5.74, 6) is 0.179. The zero-order valence-electron chi connectivity index (χ0n) is 19.4. The maximum Gasteiger partial charge on any atom is 0.341 e. The molecule has 1 aliphatic rings. The Morgan fingerprint density at radius 1 is 1.17 bits per heavy atom. The van der Waals surface area contributed by atoms with Crippen LogP contribution in [0.5, 0.6) is 5.75 Å². The Hall–Kier alpha value is -4.13. The molecule has 4 aromatic rings. The first kappa shape index (κ1) is 22.7. The van der Waals surface area contributed by atoms with Gasteiger partial charge in [0.25, 0.3) is 0 Å². The van der Waals surface area contributed by atoms with Gasteiger partial charge < -0.3 is 14.4 Å². The summed E-state index contributed by atoms with van der Waals surface area (Å²) in [6, 6.07) is 16.3. The Bertz CT molecular complexity index is 1300. The van der Waals surface area contributed by atoms with E-state index in [-0.39, 0.29) is 12.6 Å². The molecule has 0 bridgehead atoms.